The quantitative estimate of drug-likeness (QED) is 0.864. The van der Waals surface area contributed by atoms with Gasteiger partial charge in [-0.3, -0.25) is 0 Å². The second-order valence-electron chi connectivity index (χ2n) is 8.79. The molecule has 0 aliphatic carbocycles. The predicted octanol–water partition coefficient (Wildman–Crippen LogP) is 4.09. The average Bonchev–Trinajstić information content (AvgIpc) is 2.97. The first-order valence-electron chi connectivity index (χ1n) is 9.90. The smallest absolute Gasteiger partial charge is 0.410 e. The van der Waals surface area contributed by atoms with E-state index in [0.29, 0.717) is 31.1 Å². The predicted molar refractivity (Wildman–Crippen MR) is 109 cm³/mol. The Morgan fingerprint density at radius 3 is 2.61 bits per heavy atom. The molecule has 6 heteroatoms. The highest BCUT2D eigenvalue weighted by molar-refractivity contribution is 5.68. The fourth-order valence-corrected chi connectivity index (χ4v) is 3.57. The van der Waals surface area contributed by atoms with Crippen LogP contribution < -0.4 is 0 Å². The van der Waals surface area contributed by atoms with Crippen LogP contribution in [0.15, 0.2) is 18.2 Å². The molecule has 0 unspecified atom stereocenters. The number of rotatable bonds is 3. The first-order valence-corrected chi connectivity index (χ1v) is 9.90. The third kappa shape index (κ3) is 4.07. The minimum absolute atomic E-state index is 0.152. The Morgan fingerprint density at radius 1 is 1.32 bits per heavy atom. The number of ether oxygens (including phenoxy) is 1. The first kappa shape index (κ1) is 20.4. The number of hydrogen-bond donors (Lipinski definition) is 1. The first-order chi connectivity index (χ1) is 13.1. The summed E-state index contributed by atoms with van der Waals surface area (Å²) in [4.78, 5) is 14.2. The van der Waals surface area contributed by atoms with E-state index in [-0.39, 0.29) is 12.7 Å². The van der Waals surface area contributed by atoms with Crippen molar-refractivity contribution < 1.29 is 14.6 Å². The average molecular weight is 386 g/mol. The molecular weight excluding hydrogens is 354 g/mol. The van der Waals surface area contributed by atoms with Crippen LogP contribution in [-0.4, -0.2) is 38.0 Å². The van der Waals surface area contributed by atoms with Gasteiger partial charge in [0.1, 0.15) is 5.60 Å². The molecule has 1 aromatic heterocycles. The van der Waals surface area contributed by atoms with E-state index < -0.39 is 5.60 Å². The van der Waals surface area contributed by atoms with Gasteiger partial charge in [0.2, 0.25) is 0 Å². The number of carbonyl (C=O) groups is 1. The lowest BCUT2D eigenvalue weighted by Gasteiger charge is -2.30. The second kappa shape index (κ2) is 7.59. The van der Waals surface area contributed by atoms with Gasteiger partial charge >= 0.3 is 6.09 Å². The third-order valence-corrected chi connectivity index (χ3v) is 5.06. The lowest BCUT2D eigenvalue weighted by atomic mass is 10.00. The fourth-order valence-electron chi connectivity index (χ4n) is 3.57. The fraction of sp³-hybridized carbons (Fsp3) is 0.545. The van der Waals surface area contributed by atoms with Gasteiger partial charge in [0.25, 0.3) is 0 Å². The van der Waals surface area contributed by atoms with Gasteiger partial charge in [-0.2, -0.15) is 5.10 Å². The lowest BCUT2D eigenvalue weighted by molar-refractivity contribution is 0.0222. The van der Waals surface area contributed by atoms with E-state index in [9.17, 15) is 9.90 Å². The largest absolute Gasteiger partial charge is 0.444 e. The maximum atomic E-state index is 12.5. The van der Waals surface area contributed by atoms with Crippen molar-refractivity contribution in [2.24, 2.45) is 0 Å². The van der Waals surface area contributed by atoms with E-state index in [1.807, 2.05) is 25.5 Å². The van der Waals surface area contributed by atoms with Gasteiger partial charge in [0.15, 0.2) is 0 Å². The van der Waals surface area contributed by atoms with Crippen LogP contribution in [0, 0.1) is 6.92 Å². The minimum Gasteiger partial charge on any atom is -0.444 e. The Kier molecular flexibility index (Phi) is 5.53. The van der Waals surface area contributed by atoms with Crippen LogP contribution in [0.5, 0.6) is 0 Å². The summed E-state index contributed by atoms with van der Waals surface area (Å²) >= 11 is 0. The van der Waals surface area contributed by atoms with Crippen LogP contribution in [0.4, 0.5) is 4.79 Å². The van der Waals surface area contributed by atoms with Crippen molar-refractivity contribution in [3.63, 3.8) is 0 Å². The number of nitrogens with zero attached hydrogens (tertiary/aromatic N) is 3. The molecule has 0 saturated heterocycles. The van der Waals surface area contributed by atoms with Crippen molar-refractivity contribution in [1.82, 2.24) is 14.7 Å². The minimum atomic E-state index is -0.531. The standard InChI is InChI=1S/C22H31N3O3/c1-14(2)16-7-8-19(15(3)11-16)25-20-9-10-24(21(27)28-22(4,5)6)12-17(20)18(13-26)23-25/h7-8,11,14,26H,9-10,12-13H2,1-6H3. The summed E-state index contributed by atoms with van der Waals surface area (Å²) in [5, 5.41) is 14.5. The third-order valence-electron chi connectivity index (χ3n) is 5.06. The van der Waals surface area contributed by atoms with Crippen LogP contribution in [0.1, 0.15) is 68.6 Å². The van der Waals surface area contributed by atoms with E-state index in [1.54, 1.807) is 4.90 Å². The number of aryl methyl sites for hydroxylation is 1. The summed E-state index contributed by atoms with van der Waals surface area (Å²) in [6.45, 7) is 12.9. The molecular formula is C22H31N3O3. The summed E-state index contributed by atoms with van der Waals surface area (Å²) in [7, 11) is 0. The van der Waals surface area contributed by atoms with Crippen LogP contribution >= 0.6 is 0 Å². The topological polar surface area (TPSA) is 67.6 Å². The van der Waals surface area contributed by atoms with Crippen molar-refractivity contribution in [1.29, 1.82) is 0 Å². The summed E-state index contributed by atoms with van der Waals surface area (Å²) in [6, 6.07) is 6.43. The second-order valence-corrected chi connectivity index (χ2v) is 8.79. The zero-order valence-corrected chi connectivity index (χ0v) is 17.7. The Hall–Kier alpha value is -2.34. The lowest BCUT2D eigenvalue weighted by Crippen LogP contribution is -2.40. The van der Waals surface area contributed by atoms with Gasteiger partial charge in [-0.25, -0.2) is 9.48 Å². The summed E-state index contributed by atoms with van der Waals surface area (Å²) in [5.74, 6) is 0.467. The van der Waals surface area contributed by atoms with Crippen molar-refractivity contribution in [2.75, 3.05) is 6.54 Å². The van der Waals surface area contributed by atoms with Gasteiger partial charge < -0.3 is 14.7 Å². The van der Waals surface area contributed by atoms with E-state index in [1.165, 1.54) is 5.56 Å². The zero-order chi connectivity index (χ0) is 20.6. The Bertz CT molecular complexity index is 878. The van der Waals surface area contributed by atoms with Gasteiger partial charge in [0, 0.05) is 18.5 Å². The molecule has 2 heterocycles. The molecule has 0 fully saturated rings. The van der Waals surface area contributed by atoms with Crippen molar-refractivity contribution in [3.8, 4) is 5.69 Å². The number of amides is 1. The van der Waals surface area contributed by atoms with E-state index >= 15 is 0 Å². The number of aromatic nitrogens is 2. The highest BCUT2D eigenvalue weighted by Gasteiger charge is 2.30. The Morgan fingerprint density at radius 2 is 2.04 bits per heavy atom. The number of aliphatic hydroxyl groups is 1. The summed E-state index contributed by atoms with van der Waals surface area (Å²) < 4.78 is 7.45. The molecule has 1 aliphatic heterocycles. The monoisotopic (exact) mass is 385 g/mol. The molecule has 28 heavy (non-hydrogen) atoms. The molecule has 0 atom stereocenters. The molecule has 3 rings (SSSR count). The van der Waals surface area contributed by atoms with Crippen LogP contribution in [0.2, 0.25) is 0 Å². The number of benzene rings is 1. The van der Waals surface area contributed by atoms with Crippen molar-refractivity contribution in [2.45, 2.75) is 72.6 Å². The van der Waals surface area contributed by atoms with E-state index in [2.05, 4.69) is 44.1 Å². The molecule has 1 aliphatic rings. The molecule has 2 aromatic rings. The highest BCUT2D eigenvalue weighted by atomic mass is 16.6. The molecule has 1 aromatic carbocycles. The molecule has 0 spiro atoms. The molecule has 1 N–H and O–H groups in total. The maximum absolute atomic E-state index is 12.5. The van der Waals surface area contributed by atoms with Gasteiger partial charge in [-0.15, -0.1) is 0 Å². The number of aliphatic hydroxyl groups excluding tert-OH is 1. The van der Waals surface area contributed by atoms with Crippen LogP contribution in [0.3, 0.4) is 0 Å². The molecule has 6 nitrogen and oxygen atoms in total. The molecule has 0 radical (unpaired) electrons. The van der Waals surface area contributed by atoms with E-state index in [4.69, 9.17) is 4.74 Å². The normalized spacial score (nSPS) is 14.4. The van der Waals surface area contributed by atoms with E-state index in [0.717, 1.165) is 22.5 Å². The maximum Gasteiger partial charge on any atom is 0.410 e. The van der Waals surface area contributed by atoms with Crippen LogP contribution in [0.25, 0.3) is 5.69 Å². The number of fused-ring (bicyclic) bond motifs is 1. The molecule has 0 saturated carbocycles. The van der Waals surface area contributed by atoms with Crippen molar-refractivity contribution in [3.05, 3.63) is 46.3 Å². The molecule has 152 valence electrons. The summed E-state index contributed by atoms with van der Waals surface area (Å²) in [5.41, 5.74) is 5.53. The highest BCUT2D eigenvalue weighted by Crippen LogP contribution is 2.29. The number of carbonyl (C=O) groups excluding carboxylic acids is 1. The molecule has 1 amide bonds. The molecule has 0 bridgehead atoms. The van der Waals surface area contributed by atoms with Gasteiger partial charge in [-0.1, -0.05) is 26.0 Å². The Labute approximate surface area is 167 Å². The zero-order valence-electron chi connectivity index (χ0n) is 17.7. The van der Waals surface area contributed by atoms with Gasteiger partial charge in [0.05, 0.1) is 30.2 Å². The van der Waals surface area contributed by atoms with Gasteiger partial charge in [-0.05, 0) is 50.8 Å². The van der Waals surface area contributed by atoms with Crippen molar-refractivity contribution >= 4 is 6.09 Å². The Balaban J connectivity index is 1.94. The van der Waals surface area contributed by atoms with Crippen LogP contribution in [-0.2, 0) is 24.3 Å². The number of hydrogen-bond acceptors (Lipinski definition) is 4. The SMILES string of the molecule is Cc1cc(C(C)C)ccc1-n1nc(CO)c2c1CCN(C(=O)OC(C)(C)C)C2. The summed E-state index contributed by atoms with van der Waals surface area (Å²) in [6.07, 6.45) is 0.347.